The molecule has 0 fully saturated rings. The normalized spacial score (nSPS) is 12.7. The van der Waals surface area contributed by atoms with Gasteiger partial charge in [0.25, 0.3) is 0 Å². The standard InChI is InChI=1S/C12H25NO2/c1-11(2,3)15-10(14)12(4,5)8-6-7-9-13/h6-9,13H2,1-5H3. The topological polar surface area (TPSA) is 52.3 Å². The summed E-state index contributed by atoms with van der Waals surface area (Å²) in [4.78, 5) is 11.8. The van der Waals surface area contributed by atoms with Crippen LogP contribution in [0.15, 0.2) is 0 Å². The maximum Gasteiger partial charge on any atom is 0.312 e. The van der Waals surface area contributed by atoms with Crippen LogP contribution in [0.4, 0.5) is 0 Å². The molecular weight excluding hydrogens is 190 g/mol. The number of hydrogen-bond donors (Lipinski definition) is 1. The molecule has 3 nitrogen and oxygen atoms in total. The first-order valence-corrected chi connectivity index (χ1v) is 5.62. The molecule has 0 aliphatic carbocycles. The number of nitrogens with two attached hydrogens (primary N) is 1. The van der Waals surface area contributed by atoms with E-state index >= 15 is 0 Å². The first-order chi connectivity index (χ1) is 6.69. The number of rotatable bonds is 5. The molecule has 0 aromatic carbocycles. The van der Waals surface area contributed by atoms with Crippen molar-refractivity contribution in [3.05, 3.63) is 0 Å². The zero-order valence-electron chi connectivity index (χ0n) is 10.7. The first-order valence-electron chi connectivity index (χ1n) is 5.62. The molecule has 2 N–H and O–H groups in total. The third-order valence-corrected chi connectivity index (χ3v) is 2.21. The molecule has 15 heavy (non-hydrogen) atoms. The van der Waals surface area contributed by atoms with Crippen LogP contribution in [-0.4, -0.2) is 18.1 Å². The summed E-state index contributed by atoms with van der Waals surface area (Å²) in [5.74, 6) is -0.118. The number of carbonyl (C=O) groups excluding carboxylic acids is 1. The number of ether oxygens (including phenoxy) is 1. The van der Waals surface area contributed by atoms with Crippen LogP contribution in [-0.2, 0) is 9.53 Å². The molecule has 0 rings (SSSR count). The average molecular weight is 215 g/mol. The van der Waals surface area contributed by atoms with Crippen LogP contribution in [0, 0.1) is 5.41 Å². The van der Waals surface area contributed by atoms with Crippen molar-refractivity contribution in [2.45, 2.75) is 59.5 Å². The van der Waals surface area contributed by atoms with Crippen molar-refractivity contribution in [1.82, 2.24) is 0 Å². The van der Waals surface area contributed by atoms with Crippen molar-refractivity contribution in [3.63, 3.8) is 0 Å². The minimum absolute atomic E-state index is 0.118. The fourth-order valence-corrected chi connectivity index (χ4v) is 1.23. The Balaban J connectivity index is 4.14. The number of hydrogen-bond acceptors (Lipinski definition) is 3. The summed E-state index contributed by atoms with van der Waals surface area (Å²) in [7, 11) is 0. The van der Waals surface area contributed by atoms with Gasteiger partial charge in [-0.1, -0.05) is 6.42 Å². The van der Waals surface area contributed by atoms with E-state index in [9.17, 15) is 4.79 Å². The third kappa shape index (κ3) is 6.50. The van der Waals surface area contributed by atoms with Gasteiger partial charge in [-0.15, -0.1) is 0 Å². The smallest absolute Gasteiger partial charge is 0.312 e. The van der Waals surface area contributed by atoms with Crippen LogP contribution in [0.1, 0.15) is 53.9 Å². The van der Waals surface area contributed by atoms with Gasteiger partial charge in [0, 0.05) is 0 Å². The lowest BCUT2D eigenvalue weighted by atomic mass is 9.87. The molecule has 0 radical (unpaired) electrons. The van der Waals surface area contributed by atoms with Crippen LogP contribution in [0.2, 0.25) is 0 Å². The van der Waals surface area contributed by atoms with E-state index < -0.39 is 11.0 Å². The minimum Gasteiger partial charge on any atom is -0.460 e. The quantitative estimate of drug-likeness (QED) is 0.566. The molecule has 0 aliphatic heterocycles. The highest BCUT2D eigenvalue weighted by Gasteiger charge is 2.31. The predicted octanol–water partition coefficient (Wildman–Crippen LogP) is 2.48. The summed E-state index contributed by atoms with van der Waals surface area (Å²) in [6.45, 7) is 10.2. The highest BCUT2D eigenvalue weighted by molar-refractivity contribution is 5.76. The Bertz CT molecular complexity index is 204. The largest absolute Gasteiger partial charge is 0.460 e. The Morgan fingerprint density at radius 2 is 1.67 bits per heavy atom. The van der Waals surface area contributed by atoms with Gasteiger partial charge in [-0.05, 0) is 54.0 Å². The van der Waals surface area contributed by atoms with Crippen molar-refractivity contribution in [1.29, 1.82) is 0 Å². The van der Waals surface area contributed by atoms with Gasteiger partial charge in [0.1, 0.15) is 5.60 Å². The SMILES string of the molecule is CC(C)(C)OC(=O)C(C)(C)CCCCN. The molecule has 0 aromatic rings. The molecule has 0 spiro atoms. The second-order valence-corrected chi connectivity index (χ2v) is 5.63. The first kappa shape index (κ1) is 14.4. The van der Waals surface area contributed by atoms with Gasteiger partial charge in [0.2, 0.25) is 0 Å². The van der Waals surface area contributed by atoms with Crippen molar-refractivity contribution in [2.75, 3.05) is 6.54 Å². The summed E-state index contributed by atoms with van der Waals surface area (Å²) in [6.07, 6.45) is 2.77. The summed E-state index contributed by atoms with van der Waals surface area (Å²) < 4.78 is 5.36. The summed E-state index contributed by atoms with van der Waals surface area (Å²) in [6, 6.07) is 0. The van der Waals surface area contributed by atoms with Crippen LogP contribution >= 0.6 is 0 Å². The summed E-state index contributed by atoms with van der Waals surface area (Å²) >= 11 is 0. The van der Waals surface area contributed by atoms with Gasteiger partial charge < -0.3 is 10.5 Å². The Kier molecular flexibility index (Phi) is 5.29. The van der Waals surface area contributed by atoms with Crippen molar-refractivity contribution < 1.29 is 9.53 Å². The fraction of sp³-hybridized carbons (Fsp3) is 0.917. The van der Waals surface area contributed by atoms with Gasteiger partial charge in [0.05, 0.1) is 5.41 Å². The monoisotopic (exact) mass is 215 g/mol. The fourth-order valence-electron chi connectivity index (χ4n) is 1.23. The van der Waals surface area contributed by atoms with E-state index in [0.29, 0.717) is 6.54 Å². The zero-order valence-corrected chi connectivity index (χ0v) is 10.7. The molecule has 0 heterocycles. The van der Waals surface area contributed by atoms with E-state index in [1.54, 1.807) is 0 Å². The Morgan fingerprint density at radius 3 is 2.07 bits per heavy atom. The van der Waals surface area contributed by atoms with Crippen molar-refractivity contribution in [3.8, 4) is 0 Å². The Labute approximate surface area is 93.4 Å². The highest BCUT2D eigenvalue weighted by atomic mass is 16.6. The molecule has 3 heteroatoms. The Morgan fingerprint density at radius 1 is 1.13 bits per heavy atom. The maximum absolute atomic E-state index is 11.8. The minimum atomic E-state index is -0.401. The maximum atomic E-state index is 11.8. The van der Waals surface area contributed by atoms with E-state index in [0.717, 1.165) is 19.3 Å². The van der Waals surface area contributed by atoms with Crippen molar-refractivity contribution in [2.24, 2.45) is 11.1 Å². The molecule has 90 valence electrons. The second kappa shape index (κ2) is 5.50. The summed E-state index contributed by atoms with van der Waals surface area (Å²) in [5, 5.41) is 0. The number of esters is 1. The zero-order chi connectivity index (χ0) is 12.1. The van der Waals surface area contributed by atoms with E-state index in [4.69, 9.17) is 10.5 Å². The van der Waals surface area contributed by atoms with Gasteiger partial charge in [-0.3, -0.25) is 4.79 Å². The van der Waals surface area contributed by atoms with Gasteiger partial charge in [0.15, 0.2) is 0 Å². The van der Waals surface area contributed by atoms with E-state index in [1.165, 1.54) is 0 Å². The van der Waals surface area contributed by atoms with Crippen LogP contribution in [0.5, 0.6) is 0 Å². The van der Waals surface area contributed by atoms with E-state index in [1.807, 2.05) is 34.6 Å². The average Bonchev–Trinajstić information content (AvgIpc) is 2.01. The Hall–Kier alpha value is -0.570. The van der Waals surface area contributed by atoms with Crippen molar-refractivity contribution >= 4 is 5.97 Å². The molecule has 0 bridgehead atoms. The number of carbonyl (C=O) groups is 1. The third-order valence-electron chi connectivity index (χ3n) is 2.21. The lowest BCUT2D eigenvalue weighted by Crippen LogP contribution is -2.33. The molecule has 0 atom stereocenters. The molecular formula is C12H25NO2. The number of unbranched alkanes of at least 4 members (excludes halogenated alkanes) is 1. The predicted molar refractivity (Wildman–Crippen MR) is 62.5 cm³/mol. The molecule has 0 aromatic heterocycles. The van der Waals surface area contributed by atoms with Crippen LogP contribution in [0.25, 0.3) is 0 Å². The van der Waals surface area contributed by atoms with E-state index in [2.05, 4.69) is 0 Å². The molecule has 0 saturated heterocycles. The lowest BCUT2D eigenvalue weighted by Gasteiger charge is -2.28. The molecule has 0 unspecified atom stereocenters. The van der Waals surface area contributed by atoms with Gasteiger partial charge >= 0.3 is 5.97 Å². The molecule has 0 saturated carbocycles. The highest BCUT2D eigenvalue weighted by Crippen LogP contribution is 2.27. The second-order valence-electron chi connectivity index (χ2n) is 5.63. The van der Waals surface area contributed by atoms with Crippen LogP contribution < -0.4 is 5.73 Å². The van der Waals surface area contributed by atoms with E-state index in [-0.39, 0.29) is 5.97 Å². The molecule has 0 aliphatic rings. The molecule has 0 amide bonds. The van der Waals surface area contributed by atoms with Gasteiger partial charge in [-0.2, -0.15) is 0 Å². The lowest BCUT2D eigenvalue weighted by molar-refractivity contribution is -0.166. The summed E-state index contributed by atoms with van der Waals surface area (Å²) in [5.41, 5.74) is 4.62. The van der Waals surface area contributed by atoms with Gasteiger partial charge in [-0.25, -0.2) is 0 Å². The van der Waals surface area contributed by atoms with Crippen LogP contribution in [0.3, 0.4) is 0 Å².